The minimum Gasteiger partial charge on any atom is -0.506 e. The number of fused-ring (bicyclic) bond motifs is 1. The summed E-state index contributed by atoms with van der Waals surface area (Å²) in [6.07, 6.45) is 0. The minimum atomic E-state index is -1.06. The summed E-state index contributed by atoms with van der Waals surface area (Å²) in [5.41, 5.74) is 0.977. The Morgan fingerprint density at radius 2 is 1.68 bits per heavy atom. The lowest BCUT2D eigenvalue weighted by molar-refractivity contribution is -0.117. The standard InChI is InChI=1S/C25H14Cl3NO5/c26-14-2-1-3-16(11-14)29-22(12-4-6-18(30)17(28)9-12)21(24(32)25(29)33)23(31)20-10-13-8-15(27)5-7-19(13)34-20/h1-11,22,30,32H. The van der Waals surface area contributed by atoms with Gasteiger partial charge in [0.25, 0.3) is 5.91 Å². The molecule has 9 heteroatoms. The van der Waals surface area contributed by atoms with Crippen LogP contribution in [-0.4, -0.2) is 21.9 Å². The van der Waals surface area contributed by atoms with Crippen LogP contribution in [0, 0.1) is 0 Å². The van der Waals surface area contributed by atoms with Gasteiger partial charge in [0, 0.05) is 21.1 Å². The Kier molecular flexibility index (Phi) is 5.52. The van der Waals surface area contributed by atoms with Crippen LogP contribution in [0.25, 0.3) is 11.0 Å². The number of phenols is 1. The average molecular weight is 515 g/mol. The Labute approximate surface area is 208 Å². The van der Waals surface area contributed by atoms with Crippen LogP contribution in [0.5, 0.6) is 5.75 Å². The lowest BCUT2D eigenvalue weighted by Gasteiger charge is -2.27. The molecular weight excluding hydrogens is 501 g/mol. The second-order valence-electron chi connectivity index (χ2n) is 7.65. The van der Waals surface area contributed by atoms with Crippen LogP contribution in [0.4, 0.5) is 5.69 Å². The summed E-state index contributed by atoms with van der Waals surface area (Å²) < 4.78 is 5.70. The maximum atomic E-state index is 13.6. The third-order valence-electron chi connectivity index (χ3n) is 5.53. The number of carbonyl (C=O) groups is 2. The number of rotatable bonds is 4. The van der Waals surface area contributed by atoms with Gasteiger partial charge in [0.2, 0.25) is 5.78 Å². The van der Waals surface area contributed by atoms with Crippen molar-refractivity contribution >= 4 is 63.1 Å². The summed E-state index contributed by atoms with van der Waals surface area (Å²) in [6, 6.07) is 16.1. The zero-order chi connectivity index (χ0) is 24.1. The molecular formula is C25H14Cl3NO5. The Morgan fingerprint density at radius 1 is 0.912 bits per heavy atom. The summed E-state index contributed by atoms with van der Waals surface area (Å²) in [6.45, 7) is 0. The Hall–Kier alpha value is -3.45. The molecule has 6 nitrogen and oxygen atoms in total. The van der Waals surface area contributed by atoms with Gasteiger partial charge in [-0.05, 0) is 60.2 Å². The fourth-order valence-electron chi connectivity index (χ4n) is 4.00. The van der Waals surface area contributed by atoms with Crippen molar-refractivity contribution in [3.05, 3.63) is 104 Å². The number of Topliss-reactive ketones (excluding diaryl/α,β-unsaturated/α-hetero) is 1. The van der Waals surface area contributed by atoms with E-state index in [4.69, 9.17) is 39.2 Å². The van der Waals surface area contributed by atoms with Crippen molar-refractivity contribution in [3.8, 4) is 5.75 Å². The summed E-state index contributed by atoms with van der Waals surface area (Å²) in [5.74, 6) is -2.44. The molecule has 0 spiro atoms. The first-order chi connectivity index (χ1) is 16.2. The molecule has 0 saturated carbocycles. The molecule has 170 valence electrons. The second kappa shape index (κ2) is 8.40. The Balaban J connectivity index is 1.68. The zero-order valence-electron chi connectivity index (χ0n) is 17.1. The molecule has 0 radical (unpaired) electrons. The van der Waals surface area contributed by atoms with Gasteiger partial charge < -0.3 is 14.6 Å². The number of anilines is 1. The Bertz CT molecular complexity index is 1520. The number of amides is 1. The third kappa shape index (κ3) is 3.70. The molecule has 1 atom stereocenters. The molecule has 0 bridgehead atoms. The number of carbonyl (C=O) groups excluding carboxylic acids is 2. The van der Waals surface area contributed by atoms with Crippen molar-refractivity contribution < 1.29 is 24.2 Å². The van der Waals surface area contributed by atoms with Crippen molar-refractivity contribution in [2.45, 2.75) is 6.04 Å². The van der Waals surface area contributed by atoms with E-state index >= 15 is 0 Å². The molecule has 0 aliphatic carbocycles. The van der Waals surface area contributed by atoms with Gasteiger partial charge in [-0.3, -0.25) is 14.5 Å². The van der Waals surface area contributed by atoms with E-state index < -0.39 is 23.5 Å². The van der Waals surface area contributed by atoms with Crippen LogP contribution in [0.3, 0.4) is 0 Å². The lowest BCUT2D eigenvalue weighted by atomic mass is 9.94. The van der Waals surface area contributed by atoms with Gasteiger partial charge in [0.15, 0.2) is 11.5 Å². The number of aliphatic hydroxyl groups is 1. The molecule has 3 aromatic carbocycles. The number of halogens is 3. The smallest absolute Gasteiger partial charge is 0.294 e. The van der Waals surface area contributed by atoms with Crippen LogP contribution in [-0.2, 0) is 4.79 Å². The zero-order valence-corrected chi connectivity index (χ0v) is 19.4. The maximum Gasteiger partial charge on any atom is 0.294 e. The predicted molar refractivity (Wildman–Crippen MR) is 130 cm³/mol. The third-order valence-corrected chi connectivity index (χ3v) is 6.30. The quantitative estimate of drug-likeness (QED) is 0.290. The van der Waals surface area contributed by atoms with Crippen molar-refractivity contribution in [2.24, 2.45) is 0 Å². The van der Waals surface area contributed by atoms with Crippen LogP contribution in [0.1, 0.15) is 22.2 Å². The highest BCUT2D eigenvalue weighted by molar-refractivity contribution is 6.32. The number of hydrogen-bond donors (Lipinski definition) is 2. The monoisotopic (exact) mass is 513 g/mol. The van der Waals surface area contributed by atoms with Gasteiger partial charge in [0.05, 0.1) is 16.6 Å². The lowest BCUT2D eigenvalue weighted by Crippen LogP contribution is -2.31. The number of benzene rings is 3. The molecule has 2 heterocycles. The molecule has 1 amide bonds. The summed E-state index contributed by atoms with van der Waals surface area (Å²) >= 11 is 18.3. The molecule has 0 fully saturated rings. The van der Waals surface area contributed by atoms with Gasteiger partial charge in [-0.2, -0.15) is 0 Å². The van der Waals surface area contributed by atoms with Crippen molar-refractivity contribution in [3.63, 3.8) is 0 Å². The van der Waals surface area contributed by atoms with Crippen molar-refractivity contribution in [1.29, 1.82) is 0 Å². The summed E-state index contributed by atoms with van der Waals surface area (Å²) in [7, 11) is 0. The Morgan fingerprint density at radius 3 is 2.41 bits per heavy atom. The SMILES string of the molecule is O=C(C1=C(O)C(=O)N(c2cccc(Cl)c2)C1c1ccc(O)c(Cl)c1)c1cc2cc(Cl)ccc2o1. The van der Waals surface area contributed by atoms with Crippen molar-refractivity contribution in [2.75, 3.05) is 4.90 Å². The molecule has 1 aliphatic rings. The molecule has 2 N–H and O–H groups in total. The van der Waals surface area contributed by atoms with E-state index in [1.54, 1.807) is 42.5 Å². The summed E-state index contributed by atoms with van der Waals surface area (Å²) in [5, 5.41) is 22.2. The maximum absolute atomic E-state index is 13.6. The summed E-state index contributed by atoms with van der Waals surface area (Å²) in [4.78, 5) is 28.1. The van der Waals surface area contributed by atoms with Gasteiger partial charge in [-0.25, -0.2) is 0 Å². The molecule has 5 rings (SSSR count). The number of aromatic hydroxyl groups is 1. The second-order valence-corrected chi connectivity index (χ2v) is 8.93. The average Bonchev–Trinajstić information content (AvgIpc) is 3.34. The molecule has 0 saturated heterocycles. The first-order valence-corrected chi connectivity index (χ1v) is 11.1. The van der Waals surface area contributed by atoms with E-state index in [0.717, 1.165) is 0 Å². The molecule has 1 aromatic heterocycles. The first kappa shape index (κ1) is 22.3. The number of furan rings is 1. The van der Waals surface area contributed by atoms with Gasteiger partial charge in [-0.1, -0.05) is 46.9 Å². The predicted octanol–water partition coefficient (Wildman–Crippen LogP) is 6.88. The van der Waals surface area contributed by atoms with Crippen LogP contribution >= 0.6 is 34.8 Å². The molecule has 1 aliphatic heterocycles. The van der Waals surface area contributed by atoms with Crippen LogP contribution in [0.2, 0.25) is 15.1 Å². The number of nitrogens with zero attached hydrogens (tertiary/aromatic N) is 1. The first-order valence-electron chi connectivity index (χ1n) is 9.99. The minimum absolute atomic E-state index is 0.0209. The molecule has 4 aromatic rings. The highest BCUT2D eigenvalue weighted by atomic mass is 35.5. The van der Waals surface area contributed by atoms with Gasteiger partial charge in [-0.15, -0.1) is 0 Å². The van der Waals surface area contributed by atoms with E-state index in [1.165, 1.54) is 29.2 Å². The number of ketones is 1. The van der Waals surface area contributed by atoms with Gasteiger partial charge >= 0.3 is 0 Å². The van der Waals surface area contributed by atoms with E-state index in [9.17, 15) is 19.8 Å². The van der Waals surface area contributed by atoms with E-state index in [-0.39, 0.29) is 22.1 Å². The fraction of sp³-hybridized carbons (Fsp3) is 0.0400. The number of aliphatic hydroxyl groups excluding tert-OH is 1. The van der Waals surface area contributed by atoms with Crippen LogP contribution in [0.15, 0.2) is 82.5 Å². The normalized spacial score (nSPS) is 16.0. The molecule has 34 heavy (non-hydrogen) atoms. The highest BCUT2D eigenvalue weighted by Gasteiger charge is 2.45. The topological polar surface area (TPSA) is 91.0 Å². The van der Waals surface area contributed by atoms with E-state index in [1.807, 2.05) is 0 Å². The number of hydrogen-bond acceptors (Lipinski definition) is 5. The van der Waals surface area contributed by atoms with E-state index in [2.05, 4.69) is 0 Å². The van der Waals surface area contributed by atoms with Crippen molar-refractivity contribution in [1.82, 2.24) is 0 Å². The highest BCUT2D eigenvalue weighted by Crippen LogP contribution is 2.44. The van der Waals surface area contributed by atoms with E-state index in [0.29, 0.717) is 32.3 Å². The largest absolute Gasteiger partial charge is 0.506 e. The fourth-order valence-corrected chi connectivity index (χ4v) is 4.55. The van der Waals surface area contributed by atoms with Crippen LogP contribution < -0.4 is 4.90 Å². The van der Waals surface area contributed by atoms with Gasteiger partial charge in [0.1, 0.15) is 11.3 Å². The number of phenolic OH excluding ortho intramolecular Hbond substituents is 1. The molecule has 1 unspecified atom stereocenters.